The van der Waals surface area contributed by atoms with Crippen molar-refractivity contribution in [2.75, 3.05) is 16.8 Å². The van der Waals surface area contributed by atoms with Crippen LogP contribution in [0.3, 0.4) is 0 Å². The van der Waals surface area contributed by atoms with Crippen LogP contribution in [-0.2, 0) is 11.2 Å². The number of amides is 1. The van der Waals surface area contributed by atoms with Gasteiger partial charge in [0.15, 0.2) is 0 Å². The van der Waals surface area contributed by atoms with Crippen LogP contribution in [0.5, 0.6) is 0 Å². The van der Waals surface area contributed by atoms with Crippen LogP contribution in [0.4, 0.5) is 11.4 Å². The molecule has 1 N–H and O–H groups in total. The fourth-order valence-electron chi connectivity index (χ4n) is 3.21. The zero-order valence-electron chi connectivity index (χ0n) is 14.0. The topological polar surface area (TPSA) is 32.3 Å². The smallest absolute Gasteiger partial charge is 0.228 e. The van der Waals surface area contributed by atoms with Crippen LogP contribution < -0.4 is 10.2 Å². The van der Waals surface area contributed by atoms with Crippen LogP contribution in [0.2, 0.25) is 5.02 Å². The van der Waals surface area contributed by atoms with Crippen LogP contribution in [0.25, 0.3) is 0 Å². The van der Waals surface area contributed by atoms with E-state index >= 15 is 0 Å². The number of nitrogens with one attached hydrogen (secondary N) is 1. The Labute approximate surface area is 148 Å². The Balaban J connectivity index is 1.59. The Morgan fingerprint density at radius 1 is 1.12 bits per heavy atom. The van der Waals surface area contributed by atoms with Gasteiger partial charge in [0.25, 0.3) is 0 Å². The molecule has 24 heavy (non-hydrogen) atoms. The minimum atomic E-state index is -0.0172. The number of carbonyl (C=O) groups excluding carboxylic acids is 1. The predicted molar refractivity (Wildman–Crippen MR) is 101 cm³/mol. The second-order valence-electron chi connectivity index (χ2n) is 6.44. The van der Waals surface area contributed by atoms with E-state index in [-0.39, 0.29) is 5.91 Å². The lowest BCUT2D eigenvalue weighted by molar-refractivity contribution is -0.115. The molecule has 0 bridgehead atoms. The Hall–Kier alpha value is -2.00. The molecule has 1 saturated heterocycles. The highest BCUT2D eigenvalue weighted by Gasteiger charge is 2.18. The largest absolute Gasteiger partial charge is 0.369 e. The molecule has 126 valence electrons. The lowest BCUT2D eigenvalue weighted by atomic mass is 10.0. The molecule has 3 rings (SSSR count). The summed E-state index contributed by atoms with van der Waals surface area (Å²) in [6.45, 7) is 3.39. The van der Waals surface area contributed by atoms with Gasteiger partial charge < -0.3 is 10.2 Å². The fraction of sp³-hybridized carbons (Fsp3) is 0.350. The molecule has 4 heteroatoms. The summed E-state index contributed by atoms with van der Waals surface area (Å²) >= 11 is 5.86. The first-order chi connectivity index (χ1) is 11.6. The van der Waals surface area contributed by atoms with Crippen molar-refractivity contribution >= 4 is 28.9 Å². The predicted octanol–water partition coefficient (Wildman–Crippen LogP) is 4.90. The van der Waals surface area contributed by atoms with Crippen LogP contribution in [0.1, 0.15) is 31.7 Å². The van der Waals surface area contributed by atoms with E-state index in [1.165, 1.54) is 24.9 Å². The Kier molecular flexibility index (Phi) is 5.41. The highest BCUT2D eigenvalue weighted by Crippen LogP contribution is 2.25. The molecule has 0 unspecified atom stereocenters. The standard InChI is InChI=1S/C20H23ClN2O/c1-15-4-2-3-13-23(15)19-11-9-18(10-12-19)22-20(24)14-16-5-7-17(21)8-6-16/h5-12,15H,2-4,13-14H2,1H3,(H,22,24)/t15-/m0/s1. The minimum Gasteiger partial charge on any atom is -0.369 e. The summed E-state index contributed by atoms with van der Waals surface area (Å²) in [4.78, 5) is 14.6. The van der Waals surface area contributed by atoms with Crippen molar-refractivity contribution in [2.45, 2.75) is 38.6 Å². The van der Waals surface area contributed by atoms with Crippen LogP contribution >= 0.6 is 11.6 Å². The first-order valence-electron chi connectivity index (χ1n) is 8.53. The second kappa shape index (κ2) is 7.71. The summed E-state index contributed by atoms with van der Waals surface area (Å²) in [5, 5.41) is 3.64. The van der Waals surface area contributed by atoms with Crippen molar-refractivity contribution in [3.05, 3.63) is 59.1 Å². The molecular formula is C20H23ClN2O. The summed E-state index contributed by atoms with van der Waals surface area (Å²) < 4.78 is 0. The third-order valence-electron chi connectivity index (χ3n) is 4.56. The Bertz CT molecular complexity index is 682. The number of benzene rings is 2. The summed E-state index contributed by atoms with van der Waals surface area (Å²) in [7, 11) is 0. The van der Waals surface area contributed by atoms with E-state index in [0.29, 0.717) is 17.5 Å². The van der Waals surface area contributed by atoms with Crippen molar-refractivity contribution < 1.29 is 4.79 Å². The molecule has 1 amide bonds. The molecule has 2 aromatic rings. The monoisotopic (exact) mass is 342 g/mol. The molecule has 1 aliphatic rings. The molecule has 2 aromatic carbocycles. The third kappa shape index (κ3) is 4.30. The molecule has 0 aliphatic carbocycles. The molecule has 0 saturated carbocycles. The van der Waals surface area contributed by atoms with Gasteiger partial charge in [-0.3, -0.25) is 4.79 Å². The van der Waals surface area contributed by atoms with Gasteiger partial charge in [0.2, 0.25) is 5.91 Å². The third-order valence-corrected chi connectivity index (χ3v) is 4.82. The molecule has 1 aliphatic heterocycles. The normalized spacial score (nSPS) is 17.6. The van der Waals surface area contributed by atoms with Crippen molar-refractivity contribution in [1.29, 1.82) is 0 Å². The van der Waals surface area contributed by atoms with Gasteiger partial charge in [-0.1, -0.05) is 23.7 Å². The van der Waals surface area contributed by atoms with E-state index in [2.05, 4.69) is 29.3 Å². The second-order valence-corrected chi connectivity index (χ2v) is 6.87. The van der Waals surface area contributed by atoms with E-state index in [4.69, 9.17) is 11.6 Å². The quantitative estimate of drug-likeness (QED) is 0.857. The summed E-state index contributed by atoms with van der Waals surface area (Å²) in [6, 6.07) is 16.1. The molecule has 0 aromatic heterocycles. The highest BCUT2D eigenvalue weighted by atomic mass is 35.5. The zero-order chi connectivity index (χ0) is 16.9. The molecule has 0 radical (unpaired) electrons. The van der Waals surface area contributed by atoms with Gasteiger partial charge >= 0.3 is 0 Å². The first kappa shape index (κ1) is 16.8. The van der Waals surface area contributed by atoms with Gasteiger partial charge in [0.1, 0.15) is 0 Å². The summed E-state index contributed by atoms with van der Waals surface area (Å²) in [5.74, 6) is -0.0172. The van der Waals surface area contributed by atoms with Crippen molar-refractivity contribution in [3.8, 4) is 0 Å². The number of anilines is 2. The van der Waals surface area contributed by atoms with Crippen molar-refractivity contribution in [3.63, 3.8) is 0 Å². The van der Waals surface area contributed by atoms with E-state index in [1.54, 1.807) is 12.1 Å². The summed E-state index contributed by atoms with van der Waals surface area (Å²) in [6.07, 6.45) is 4.17. The van der Waals surface area contributed by atoms with Crippen molar-refractivity contribution in [2.24, 2.45) is 0 Å². The first-order valence-corrected chi connectivity index (χ1v) is 8.90. The number of hydrogen-bond donors (Lipinski definition) is 1. The number of rotatable bonds is 4. The van der Waals surface area contributed by atoms with E-state index in [9.17, 15) is 4.79 Å². The van der Waals surface area contributed by atoms with Crippen LogP contribution in [0, 0.1) is 0 Å². The van der Waals surface area contributed by atoms with Crippen LogP contribution in [0.15, 0.2) is 48.5 Å². The highest BCUT2D eigenvalue weighted by molar-refractivity contribution is 6.30. The average molecular weight is 343 g/mol. The summed E-state index contributed by atoms with van der Waals surface area (Å²) in [5.41, 5.74) is 3.02. The van der Waals surface area contributed by atoms with Gasteiger partial charge in [0, 0.05) is 29.0 Å². The SMILES string of the molecule is C[C@H]1CCCCN1c1ccc(NC(=O)Cc2ccc(Cl)cc2)cc1. The number of piperidine rings is 1. The molecule has 0 spiro atoms. The average Bonchev–Trinajstić information content (AvgIpc) is 2.58. The fourth-order valence-corrected chi connectivity index (χ4v) is 3.34. The molecule has 1 atom stereocenters. The van der Waals surface area contributed by atoms with E-state index in [1.807, 2.05) is 24.3 Å². The molecule has 1 fully saturated rings. The van der Waals surface area contributed by atoms with E-state index in [0.717, 1.165) is 17.8 Å². The van der Waals surface area contributed by atoms with Gasteiger partial charge in [0.05, 0.1) is 6.42 Å². The van der Waals surface area contributed by atoms with Gasteiger partial charge in [-0.05, 0) is 68.1 Å². The Morgan fingerprint density at radius 2 is 1.83 bits per heavy atom. The maximum atomic E-state index is 12.2. The maximum absolute atomic E-state index is 12.2. The Morgan fingerprint density at radius 3 is 2.50 bits per heavy atom. The lowest BCUT2D eigenvalue weighted by Crippen LogP contribution is -2.37. The minimum absolute atomic E-state index is 0.0172. The number of nitrogens with zero attached hydrogens (tertiary/aromatic N) is 1. The number of halogens is 1. The number of carbonyl (C=O) groups is 1. The van der Waals surface area contributed by atoms with Crippen LogP contribution in [-0.4, -0.2) is 18.5 Å². The zero-order valence-corrected chi connectivity index (χ0v) is 14.7. The van der Waals surface area contributed by atoms with Crippen molar-refractivity contribution in [1.82, 2.24) is 0 Å². The molecule has 3 nitrogen and oxygen atoms in total. The van der Waals surface area contributed by atoms with Gasteiger partial charge in [-0.2, -0.15) is 0 Å². The van der Waals surface area contributed by atoms with Gasteiger partial charge in [-0.15, -0.1) is 0 Å². The number of hydrogen-bond acceptors (Lipinski definition) is 2. The van der Waals surface area contributed by atoms with Gasteiger partial charge in [-0.25, -0.2) is 0 Å². The lowest BCUT2D eigenvalue weighted by Gasteiger charge is -2.35. The molecular weight excluding hydrogens is 320 g/mol. The maximum Gasteiger partial charge on any atom is 0.228 e. The molecule has 1 heterocycles. The van der Waals surface area contributed by atoms with E-state index < -0.39 is 0 Å².